The summed E-state index contributed by atoms with van der Waals surface area (Å²) in [7, 11) is 1.45. The highest BCUT2D eigenvalue weighted by Crippen LogP contribution is 2.39. The highest BCUT2D eigenvalue weighted by Gasteiger charge is 2.41. The largest absolute Gasteiger partial charge is 0.463 e. The van der Waals surface area contributed by atoms with Crippen molar-refractivity contribution in [2.45, 2.75) is 26.1 Å². The van der Waals surface area contributed by atoms with Crippen LogP contribution in [0.3, 0.4) is 0 Å². The minimum Gasteiger partial charge on any atom is -0.463 e. The molecule has 0 radical (unpaired) electrons. The van der Waals surface area contributed by atoms with Crippen LogP contribution in [0.5, 0.6) is 0 Å². The number of nitrogens with one attached hydrogen (secondary N) is 1. The SMILES string of the molecule is CCOC(=O)C1=C(C)N(CCOC)C(=O)NC1c1ccccc1C(F)(F)F. The van der Waals surface area contributed by atoms with Crippen LogP contribution in [0.1, 0.15) is 31.0 Å². The number of hydrogen-bond acceptors (Lipinski definition) is 4. The Morgan fingerprint density at radius 1 is 1.30 bits per heavy atom. The molecule has 2 rings (SSSR count). The second-order valence-corrected chi connectivity index (χ2v) is 5.83. The summed E-state index contributed by atoms with van der Waals surface area (Å²) in [5, 5.41) is 2.50. The van der Waals surface area contributed by atoms with Gasteiger partial charge in [0.2, 0.25) is 0 Å². The van der Waals surface area contributed by atoms with Crippen molar-refractivity contribution in [3.8, 4) is 0 Å². The summed E-state index contributed by atoms with van der Waals surface area (Å²) in [5.41, 5.74) is -0.942. The van der Waals surface area contributed by atoms with E-state index in [1.165, 1.54) is 37.1 Å². The van der Waals surface area contributed by atoms with Gasteiger partial charge in [-0.05, 0) is 25.5 Å². The number of carbonyl (C=O) groups excluding carboxylic acids is 2. The predicted molar refractivity (Wildman–Crippen MR) is 90.6 cm³/mol. The average Bonchev–Trinajstić information content (AvgIpc) is 2.60. The maximum Gasteiger partial charge on any atom is 0.416 e. The number of hydrogen-bond donors (Lipinski definition) is 1. The number of ether oxygens (including phenoxy) is 2. The normalized spacial score (nSPS) is 17.8. The fourth-order valence-corrected chi connectivity index (χ4v) is 2.95. The number of carbonyl (C=O) groups is 2. The fraction of sp³-hybridized carbons (Fsp3) is 0.444. The topological polar surface area (TPSA) is 67.9 Å². The maximum absolute atomic E-state index is 13.4. The number of benzene rings is 1. The van der Waals surface area contributed by atoms with Crippen LogP contribution >= 0.6 is 0 Å². The minimum absolute atomic E-state index is 0.0377. The van der Waals surface area contributed by atoms with Gasteiger partial charge in [0, 0.05) is 12.8 Å². The first kappa shape index (κ1) is 20.8. The zero-order chi connectivity index (χ0) is 20.2. The lowest BCUT2D eigenvalue weighted by atomic mass is 9.91. The van der Waals surface area contributed by atoms with E-state index >= 15 is 0 Å². The maximum atomic E-state index is 13.4. The summed E-state index contributed by atoms with van der Waals surface area (Å²) in [6.45, 7) is 3.49. The van der Waals surface area contributed by atoms with Crippen molar-refractivity contribution < 1.29 is 32.2 Å². The van der Waals surface area contributed by atoms with Crippen molar-refractivity contribution in [1.29, 1.82) is 0 Å². The molecule has 148 valence electrons. The number of rotatable bonds is 6. The zero-order valence-electron chi connectivity index (χ0n) is 15.2. The number of halogens is 3. The number of allylic oxidation sites excluding steroid dienone is 1. The molecular weight excluding hydrogens is 365 g/mol. The quantitative estimate of drug-likeness (QED) is 0.762. The molecule has 0 saturated heterocycles. The van der Waals surface area contributed by atoms with Crippen LogP contribution in [0.15, 0.2) is 35.5 Å². The van der Waals surface area contributed by atoms with Gasteiger partial charge in [0.25, 0.3) is 0 Å². The van der Waals surface area contributed by atoms with E-state index in [1.54, 1.807) is 6.92 Å². The Hall–Kier alpha value is -2.55. The van der Waals surface area contributed by atoms with Crippen LogP contribution < -0.4 is 5.32 Å². The van der Waals surface area contributed by atoms with Gasteiger partial charge >= 0.3 is 18.2 Å². The molecule has 9 heteroatoms. The number of esters is 1. The van der Waals surface area contributed by atoms with Crippen molar-refractivity contribution in [3.63, 3.8) is 0 Å². The summed E-state index contributed by atoms with van der Waals surface area (Å²) < 4.78 is 50.3. The lowest BCUT2D eigenvalue weighted by molar-refractivity contribution is -0.141. The minimum atomic E-state index is -4.64. The first-order valence-corrected chi connectivity index (χ1v) is 8.33. The van der Waals surface area contributed by atoms with Crippen molar-refractivity contribution in [2.75, 3.05) is 26.9 Å². The van der Waals surface area contributed by atoms with Crippen LogP contribution in [-0.2, 0) is 20.4 Å². The van der Waals surface area contributed by atoms with Gasteiger partial charge in [0.1, 0.15) is 0 Å². The molecule has 0 saturated carbocycles. The first-order valence-electron chi connectivity index (χ1n) is 8.33. The molecule has 0 bridgehead atoms. The van der Waals surface area contributed by atoms with E-state index in [-0.39, 0.29) is 36.6 Å². The van der Waals surface area contributed by atoms with Crippen molar-refractivity contribution in [2.24, 2.45) is 0 Å². The molecule has 1 N–H and O–H groups in total. The molecule has 1 atom stereocenters. The molecule has 0 spiro atoms. The van der Waals surface area contributed by atoms with E-state index in [0.717, 1.165) is 6.07 Å². The number of urea groups is 1. The number of methoxy groups -OCH3 is 1. The van der Waals surface area contributed by atoms with E-state index in [9.17, 15) is 22.8 Å². The van der Waals surface area contributed by atoms with E-state index < -0.39 is 29.8 Å². The Morgan fingerprint density at radius 3 is 2.56 bits per heavy atom. The molecule has 1 unspecified atom stereocenters. The second kappa shape index (κ2) is 8.43. The average molecular weight is 386 g/mol. The molecule has 6 nitrogen and oxygen atoms in total. The van der Waals surface area contributed by atoms with Gasteiger partial charge in [-0.1, -0.05) is 18.2 Å². The van der Waals surface area contributed by atoms with Crippen LogP contribution in [0.4, 0.5) is 18.0 Å². The predicted octanol–water partition coefficient (Wildman–Crippen LogP) is 3.26. The van der Waals surface area contributed by atoms with Gasteiger partial charge in [-0.3, -0.25) is 4.90 Å². The molecule has 1 aliphatic heterocycles. The lowest BCUT2D eigenvalue weighted by Crippen LogP contribution is -2.49. The molecule has 27 heavy (non-hydrogen) atoms. The molecule has 0 aliphatic carbocycles. The Labute approximate surface area is 154 Å². The summed E-state index contributed by atoms with van der Waals surface area (Å²) in [6, 6.07) is 2.95. The number of nitrogens with zero attached hydrogens (tertiary/aromatic N) is 1. The van der Waals surface area contributed by atoms with Gasteiger partial charge in [0.05, 0.1) is 36.9 Å². The van der Waals surface area contributed by atoms with Gasteiger partial charge in [-0.2, -0.15) is 13.2 Å². The Kier molecular flexibility index (Phi) is 6.48. The molecule has 1 aromatic carbocycles. The van der Waals surface area contributed by atoms with Gasteiger partial charge in [-0.25, -0.2) is 9.59 Å². The molecule has 0 aromatic heterocycles. The Balaban J connectivity index is 2.60. The summed E-state index contributed by atoms with van der Waals surface area (Å²) in [4.78, 5) is 26.2. The van der Waals surface area contributed by atoms with E-state index in [4.69, 9.17) is 9.47 Å². The summed E-state index contributed by atoms with van der Waals surface area (Å²) >= 11 is 0. The third-order valence-corrected chi connectivity index (χ3v) is 4.19. The van der Waals surface area contributed by atoms with E-state index in [1.807, 2.05) is 0 Å². The van der Waals surface area contributed by atoms with Crippen LogP contribution in [0.2, 0.25) is 0 Å². The standard InChI is InChI=1S/C18H21F3N2O4/c1-4-27-16(24)14-11(2)23(9-10-26-3)17(25)22-15(14)12-7-5-6-8-13(12)18(19,20)21/h5-8,15H,4,9-10H2,1-3H3,(H,22,25). The number of amides is 2. The lowest BCUT2D eigenvalue weighted by Gasteiger charge is -2.36. The molecule has 1 aliphatic rings. The molecule has 0 fully saturated rings. The van der Waals surface area contributed by atoms with Gasteiger partial charge in [-0.15, -0.1) is 0 Å². The van der Waals surface area contributed by atoms with Crippen molar-refractivity contribution in [1.82, 2.24) is 10.2 Å². The van der Waals surface area contributed by atoms with E-state index in [0.29, 0.717) is 0 Å². The Morgan fingerprint density at radius 2 is 1.96 bits per heavy atom. The summed E-state index contributed by atoms with van der Waals surface area (Å²) in [6.07, 6.45) is -4.64. The van der Waals surface area contributed by atoms with Crippen molar-refractivity contribution in [3.05, 3.63) is 46.7 Å². The fourth-order valence-electron chi connectivity index (χ4n) is 2.95. The highest BCUT2D eigenvalue weighted by atomic mass is 19.4. The van der Waals surface area contributed by atoms with Gasteiger partial charge in [0.15, 0.2) is 0 Å². The van der Waals surface area contributed by atoms with Crippen molar-refractivity contribution >= 4 is 12.0 Å². The highest BCUT2D eigenvalue weighted by molar-refractivity contribution is 5.95. The molecular formula is C18H21F3N2O4. The zero-order valence-corrected chi connectivity index (χ0v) is 15.2. The molecule has 2 amide bonds. The van der Waals surface area contributed by atoms with E-state index in [2.05, 4.69) is 5.32 Å². The second-order valence-electron chi connectivity index (χ2n) is 5.83. The van der Waals surface area contributed by atoms with Crippen LogP contribution in [-0.4, -0.2) is 43.8 Å². The smallest absolute Gasteiger partial charge is 0.416 e. The summed E-state index contributed by atoms with van der Waals surface area (Å²) in [5.74, 6) is -0.778. The molecule has 1 aromatic rings. The van der Waals surface area contributed by atoms with Crippen LogP contribution in [0, 0.1) is 0 Å². The Bertz CT molecular complexity index is 746. The first-order chi connectivity index (χ1) is 12.7. The van der Waals surface area contributed by atoms with Gasteiger partial charge < -0.3 is 14.8 Å². The molecule has 1 heterocycles. The van der Waals surface area contributed by atoms with Crippen LogP contribution in [0.25, 0.3) is 0 Å². The third kappa shape index (κ3) is 4.41. The third-order valence-electron chi connectivity index (χ3n) is 4.19. The monoisotopic (exact) mass is 386 g/mol. The number of alkyl halides is 3.